The van der Waals surface area contributed by atoms with E-state index in [-0.39, 0.29) is 6.42 Å². The molecule has 4 heteroatoms. The maximum Gasteiger partial charge on any atom is 0.303 e. The Morgan fingerprint density at radius 3 is 2.85 bits per heavy atom. The Bertz CT molecular complexity index is 325. The number of halogens is 1. The molecule has 3 nitrogen and oxygen atoms in total. The van der Waals surface area contributed by atoms with Crippen molar-refractivity contribution in [3.63, 3.8) is 0 Å². The van der Waals surface area contributed by atoms with Crippen molar-refractivity contribution in [2.45, 2.75) is 19.8 Å². The smallest absolute Gasteiger partial charge is 0.303 e. The van der Waals surface area contributed by atoms with Gasteiger partial charge in [-0.2, -0.15) is 0 Å². The molecule has 0 unspecified atom stereocenters. The number of aryl methyl sites for hydroxylation is 2. The molecule has 0 aliphatic rings. The van der Waals surface area contributed by atoms with E-state index in [1.807, 2.05) is 19.1 Å². The van der Waals surface area contributed by atoms with Crippen molar-refractivity contribution in [1.29, 1.82) is 0 Å². The molecule has 0 radical (unpaired) electrons. The first-order chi connectivity index (χ1) is 6.09. The summed E-state index contributed by atoms with van der Waals surface area (Å²) >= 11 is 5.81. The summed E-state index contributed by atoms with van der Waals surface area (Å²) in [6.07, 6.45) is 0.520. The number of nitrogens with zero attached hydrogens (tertiary/aromatic N) is 1. The molecular formula is C9H10ClNO2. The summed E-state index contributed by atoms with van der Waals surface area (Å²) in [5.74, 6) is -0.823. The third kappa shape index (κ3) is 3.03. The average Bonchev–Trinajstić information content (AvgIpc) is 2.02. The normalized spacial score (nSPS) is 10.0. The van der Waals surface area contributed by atoms with Gasteiger partial charge >= 0.3 is 5.97 Å². The molecule has 0 saturated heterocycles. The van der Waals surface area contributed by atoms with Crippen LogP contribution in [0.1, 0.15) is 17.7 Å². The van der Waals surface area contributed by atoms with E-state index < -0.39 is 5.97 Å². The molecule has 1 rings (SSSR count). The second-order valence-electron chi connectivity index (χ2n) is 2.80. The summed E-state index contributed by atoms with van der Waals surface area (Å²) < 4.78 is 0. The molecule has 1 heterocycles. The predicted molar refractivity (Wildman–Crippen MR) is 49.9 cm³/mol. The molecule has 1 aromatic rings. The molecule has 70 valence electrons. The Hall–Kier alpha value is -1.09. The van der Waals surface area contributed by atoms with Crippen molar-refractivity contribution in [2.75, 3.05) is 0 Å². The third-order valence-electron chi connectivity index (χ3n) is 1.67. The largest absolute Gasteiger partial charge is 0.481 e. The van der Waals surface area contributed by atoms with Crippen LogP contribution in [0.5, 0.6) is 0 Å². The second-order valence-corrected chi connectivity index (χ2v) is 3.15. The topological polar surface area (TPSA) is 50.2 Å². The number of carboxylic acids is 1. The summed E-state index contributed by atoms with van der Waals surface area (Å²) in [5.41, 5.74) is 1.62. The maximum atomic E-state index is 10.3. The fourth-order valence-corrected chi connectivity index (χ4v) is 1.27. The van der Waals surface area contributed by atoms with Crippen LogP contribution in [0.2, 0.25) is 5.15 Å². The Kier molecular flexibility index (Phi) is 3.25. The zero-order chi connectivity index (χ0) is 9.84. The molecule has 0 bridgehead atoms. The molecule has 13 heavy (non-hydrogen) atoms. The number of pyridine rings is 1. The van der Waals surface area contributed by atoms with Crippen LogP contribution in [-0.4, -0.2) is 16.1 Å². The van der Waals surface area contributed by atoms with Gasteiger partial charge in [-0.15, -0.1) is 0 Å². The molecule has 0 saturated carbocycles. The van der Waals surface area contributed by atoms with Crippen LogP contribution in [0.4, 0.5) is 0 Å². The van der Waals surface area contributed by atoms with Crippen molar-refractivity contribution >= 4 is 17.6 Å². The molecule has 0 fully saturated rings. The number of carbonyl (C=O) groups is 1. The van der Waals surface area contributed by atoms with Gasteiger partial charge in [0, 0.05) is 12.1 Å². The Morgan fingerprint density at radius 2 is 2.31 bits per heavy atom. The van der Waals surface area contributed by atoms with E-state index in [0.29, 0.717) is 11.6 Å². The van der Waals surface area contributed by atoms with Gasteiger partial charge in [-0.25, -0.2) is 4.98 Å². The fraction of sp³-hybridized carbons (Fsp3) is 0.333. The predicted octanol–water partition coefficient (Wildman–Crippen LogP) is 2.06. The lowest BCUT2D eigenvalue weighted by Crippen LogP contribution is -1.99. The Labute approximate surface area is 81.4 Å². The zero-order valence-electron chi connectivity index (χ0n) is 7.25. The Balaban J connectivity index is 2.72. The number of aromatic nitrogens is 1. The summed E-state index contributed by atoms with van der Waals surface area (Å²) in [7, 11) is 0. The lowest BCUT2D eigenvalue weighted by atomic mass is 10.1. The molecule has 0 spiro atoms. The van der Waals surface area contributed by atoms with Crippen LogP contribution in [-0.2, 0) is 11.2 Å². The Morgan fingerprint density at radius 1 is 1.62 bits per heavy atom. The summed E-state index contributed by atoms with van der Waals surface area (Å²) in [6, 6.07) is 3.64. The van der Waals surface area contributed by atoms with Crippen LogP contribution >= 0.6 is 11.6 Å². The van der Waals surface area contributed by atoms with Crippen LogP contribution in [0.3, 0.4) is 0 Å². The average molecular weight is 200 g/mol. The van der Waals surface area contributed by atoms with Gasteiger partial charge in [0.1, 0.15) is 5.15 Å². The van der Waals surface area contributed by atoms with Crippen LogP contribution in [0.25, 0.3) is 0 Å². The number of aliphatic carboxylic acids is 1. The first-order valence-corrected chi connectivity index (χ1v) is 4.31. The minimum atomic E-state index is -0.823. The lowest BCUT2D eigenvalue weighted by Gasteiger charge is -2.01. The highest BCUT2D eigenvalue weighted by molar-refractivity contribution is 6.30. The molecule has 0 aliphatic heterocycles. The van der Waals surface area contributed by atoms with Gasteiger partial charge in [0.15, 0.2) is 0 Å². The standard InChI is InChI=1S/C9H10ClNO2/c1-6-2-3-7(9(10)11-6)4-5-8(12)13/h2-3H,4-5H2,1H3,(H,12,13). The molecule has 0 aliphatic carbocycles. The molecule has 0 atom stereocenters. The number of rotatable bonds is 3. The summed E-state index contributed by atoms with van der Waals surface area (Å²) in [6.45, 7) is 1.84. The van der Waals surface area contributed by atoms with Gasteiger partial charge in [-0.05, 0) is 25.0 Å². The highest BCUT2D eigenvalue weighted by Crippen LogP contribution is 2.15. The zero-order valence-corrected chi connectivity index (χ0v) is 8.01. The van der Waals surface area contributed by atoms with E-state index in [9.17, 15) is 4.79 Å². The van der Waals surface area contributed by atoms with Crippen LogP contribution < -0.4 is 0 Å². The van der Waals surface area contributed by atoms with Crippen molar-refractivity contribution in [3.05, 3.63) is 28.5 Å². The monoisotopic (exact) mass is 199 g/mol. The van der Waals surface area contributed by atoms with E-state index in [4.69, 9.17) is 16.7 Å². The maximum absolute atomic E-state index is 10.3. The van der Waals surface area contributed by atoms with Gasteiger partial charge in [0.2, 0.25) is 0 Å². The molecule has 1 aromatic heterocycles. The minimum absolute atomic E-state index is 0.0878. The third-order valence-corrected chi connectivity index (χ3v) is 2.00. The first kappa shape index (κ1) is 9.99. The van der Waals surface area contributed by atoms with Gasteiger partial charge in [0.25, 0.3) is 0 Å². The van der Waals surface area contributed by atoms with E-state index >= 15 is 0 Å². The van der Waals surface area contributed by atoms with Crippen molar-refractivity contribution in [3.8, 4) is 0 Å². The van der Waals surface area contributed by atoms with Crippen LogP contribution in [0.15, 0.2) is 12.1 Å². The molecule has 1 N–H and O–H groups in total. The van der Waals surface area contributed by atoms with Crippen molar-refractivity contribution in [2.24, 2.45) is 0 Å². The fourth-order valence-electron chi connectivity index (χ4n) is 0.982. The second kappa shape index (κ2) is 4.23. The van der Waals surface area contributed by atoms with Crippen LogP contribution in [0, 0.1) is 6.92 Å². The highest BCUT2D eigenvalue weighted by atomic mass is 35.5. The highest BCUT2D eigenvalue weighted by Gasteiger charge is 2.04. The lowest BCUT2D eigenvalue weighted by molar-refractivity contribution is -0.136. The summed E-state index contributed by atoms with van der Waals surface area (Å²) in [4.78, 5) is 14.3. The van der Waals surface area contributed by atoms with E-state index in [0.717, 1.165) is 11.3 Å². The number of hydrogen-bond donors (Lipinski definition) is 1. The SMILES string of the molecule is Cc1ccc(CCC(=O)O)c(Cl)n1. The van der Waals surface area contributed by atoms with Gasteiger partial charge in [-0.1, -0.05) is 17.7 Å². The van der Waals surface area contributed by atoms with Crippen molar-refractivity contribution < 1.29 is 9.90 Å². The molecule has 0 aromatic carbocycles. The number of hydrogen-bond acceptors (Lipinski definition) is 2. The minimum Gasteiger partial charge on any atom is -0.481 e. The van der Waals surface area contributed by atoms with E-state index in [1.165, 1.54) is 0 Å². The molecular weight excluding hydrogens is 190 g/mol. The summed E-state index contributed by atoms with van der Waals surface area (Å²) in [5, 5.41) is 8.86. The molecule has 0 amide bonds. The van der Waals surface area contributed by atoms with E-state index in [2.05, 4.69) is 4.98 Å². The van der Waals surface area contributed by atoms with Gasteiger partial charge in [-0.3, -0.25) is 4.79 Å². The van der Waals surface area contributed by atoms with Crippen molar-refractivity contribution in [1.82, 2.24) is 4.98 Å². The first-order valence-electron chi connectivity index (χ1n) is 3.93. The quantitative estimate of drug-likeness (QED) is 0.759. The van der Waals surface area contributed by atoms with Gasteiger partial charge in [0.05, 0.1) is 0 Å². The van der Waals surface area contributed by atoms with Gasteiger partial charge < -0.3 is 5.11 Å². The van der Waals surface area contributed by atoms with E-state index in [1.54, 1.807) is 0 Å². The number of carboxylic acid groups (broad SMARTS) is 1.